The van der Waals surface area contributed by atoms with Gasteiger partial charge in [0.05, 0.1) is 17.1 Å². The molecule has 0 bridgehead atoms. The van der Waals surface area contributed by atoms with Crippen LogP contribution in [-0.2, 0) is 4.79 Å². The topological polar surface area (TPSA) is 45.6 Å². The average molecular weight is 548 g/mol. The molecular formula is C34H30ClN3O2. The van der Waals surface area contributed by atoms with Crippen molar-refractivity contribution in [2.75, 3.05) is 18.0 Å². The van der Waals surface area contributed by atoms with Crippen molar-refractivity contribution >= 4 is 39.9 Å². The molecule has 1 unspecified atom stereocenters. The fraction of sp³-hybridized carbons (Fsp3) is 0.176. The number of aromatic nitrogens is 1. The highest BCUT2D eigenvalue weighted by atomic mass is 35.5. The Bertz CT molecular complexity index is 1690. The number of fused-ring (bicyclic) bond motifs is 4. The molecule has 0 N–H and O–H groups in total. The molecule has 0 aliphatic carbocycles. The number of unbranched alkanes of at least 4 members (excludes halogenated alkanes) is 1. The summed E-state index contributed by atoms with van der Waals surface area (Å²) in [6.45, 7) is 2.57. The summed E-state index contributed by atoms with van der Waals surface area (Å²) in [5.74, 6) is -0.269. The van der Waals surface area contributed by atoms with Crippen LogP contribution < -0.4 is 4.90 Å². The van der Waals surface area contributed by atoms with Crippen LogP contribution in [-0.4, -0.2) is 34.4 Å². The molecule has 1 atom stereocenters. The maximum atomic E-state index is 14.4. The number of carbonyl (C=O) groups excluding carboxylic acids is 2. The van der Waals surface area contributed by atoms with Gasteiger partial charge in [-0.25, -0.2) is 0 Å². The van der Waals surface area contributed by atoms with Gasteiger partial charge in [0.2, 0.25) is 5.91 Å². The third kappa shape index (κ3) is 4.78. The van der Waals surface area contributed by atoms with Crippen LogP contribution in [0.4, 0.5) is 5.69 Å². The van der Waals surface area contributed by atoms with Gasteiger partial charge in [0, 0.05) is 23.3 Å². The van der Waals surface area contributed by atoms with Gasteiger partial charge in [0.15, 0.2) is 0 Å². The van der Waals surface area contributed by atoms with Gasteiger partial charge in [-0.2, -0.15) is 0 Å². The van der Waals surface area contributed by atoms with Gasteiger partial charge < -0.3 is 9.47 Å². The Kier molecular flexibility index (Phi) is 7.14. The van der Waals surface area contributed by atoms with E-state index in [2.05, 4.69) is 11.5 Å². The minimum absolute atomic E-state index is 0.0230. The summed E-state index contributed by atoms with van der Waals surface area (Å²) >= 11 is 6.23. The first-order valence-corrected chi connectivity index (χ1v) is 14.0. The van der Waals surface area contributed by atoms with E-state index in [0.29, 0.717) is 17.1 Å². The fourth-order valence-electron chi connectivity index (χ4n) is 5.57. The van der Waals surface area contributed by atoms with Crippen molar-refractivity contribution in [1.82, 2.24) is 9.47 Å². The second-order valence-corrected chi connectivity index (χ2v) is 10.6. The molecule has 1 aliphatic rings. The summed E-state index contributed by atoms with van der Waals surface area (Å²) in [4.78, 5) is 31.7. The molecule has 200 valence electrons. The SMILES string of the molecule is CCCCN(CC(=O)N1c2ccccc2-n2cccc2C1c1ccc(Cl)cc1)C(=O)c1ccc2ccccc2c1. The third-order valence-corrected chi connectivity index (χ3v) is 7.82. The highest BCUT2D eigenvalue weighted by molar-refractivity contribution is 6.30. The van der Waals surface area contributed by atoms with Crippen molar-refractivity contribution in [3.63, 3.8) is 0 Å². The van der Waals surface area contributed by atoms with E-state index in [1.165, 1.54) is 0 Å². The molecule has 0 radical (unpaired) electrons. The monoisotopic (exact) mass is 547 g/mol. The van der Waals surface area contributed by atoms with Gasteiger partial charge in [0.1, 0.15) is 12.6 Å². The summed E-state index contributed by atoms with van der Waals surface area (Å²) in [6, 6.07) is 33.0. The van der Waals surface area contributed by atoms with Crippen LogP contribution in [0.25, 0.3) is 16.5 Å². The number of hydrogen-bond donors (Lipinski definition) is 0. The Labute approximate surface area is 239 Å². The maximum Gasteiger partial charge on any atom is 0.254 e. The van der Waals surface area contributed by atoms with Crippen LogP contribution in [0.3, 0.4) is 0 Å². The Morgan fingerprint density at radius 2 is 1.55 bits per heavy atom. The molecule has 5 aromatic rings. The molecule has 1 aromatic heterocycles. The molecule has 6 heteroatoms. The number of benzene rings is 4. The van der Waals surface area contributed by atoms with Crippen LogP contribution in [0.5, 0.6) is 0 Å². The van der Waals surface area contributed by atoms with Gasteiger partial charge in [-0.1, -0.05) is 79.5 Å². The zero-order chi connectivity index (χ0) is 27.6. The predicted octanol–water partition coefficient (Wildman–Crippen LogP) is 7.66. The zero-order valence-corrected chi connectivity index (χ0v) is 23.1. The van der Waals surface area contributed by atoms with E-state index in [0.717, 1.165) is 46.2 Å². The highest BCUT2D eigenvalue weighted by Gasteiger charge is 2.37. The van der Waals surface area contributed by atoms with Crippen LogP contribution in [0.2, 0.25) is 5.02 Å². The summed E-state index contributed by atoms with van der Waals surface area (Å²) in [5, 5.41) is 2.72. The number of para-hydroxylation sites is 2. The van der Waals surface area contributed by atoms with Crippen molar-refractivity contribution in [3.05, 3.63) is 131 Å². The standard InChI is InChI=1S/C34H30ClN3O2/c1-2-3-20-36(34(40)27-15-14-24-9-4-5-10-26(24)22-27)23-32(39)38-30-12-7-6-11-29(30)37-21-8-13-31(37)33(38)25-16-18-28(35)19-17-25/h4-19,21-22,33H,2-3,20,23H2,1H3. The van der Waals surface area contributed by atoms with Gasteiger partial charge >= 0.3 is 0 Å². The molecule has 2 heterocycles. The van der Waals surface area contributed by atoms with Crippen LogP contribution in [0.15, 0.2) is 109 Å². The number of anilines is 1. The van der Waals surface area contributed by atoms with Crippen molar-refractivity contribution in [1.29, 1.82) is 0 Å². The third-order valence-electron chi connectivity index (χ3n) is 7.57. The summed E-state index contributed by atoms with van der Waals surface area (Å²) in [5.41, 5.74) is 4.26. The molecule has 4 aromatic carbocycles. The lowest BCUT2D eigenvalue weighted by Crippen LogP contribution is -2.47. The normalized spacial score (nSPS) is 14.1. The van der Waals surface area contributed by atoms with Crippen molar-refractivity contribution in [2.45, 2.75) is 25.8 Å². The first-order valence-electron chi connectivity index (χ1n) is 13.7. The predicted molar refractivity (Wildman–Crippen MR) is 161 cm³/mol. The molecule has 0 saturated heterocycles. The number of halogens is 1. The lowest BCUT2D eigenvalue weighted by molar-refractivity contribution is -0.119. The number of amides is 2. The van der Waals surface area contributed by atoms with Gasteiger partial charge in [0.25, 0.3) is 5.91 Å². The van der Waals surface area contributed by atoms with Gasteiger partial charge in [-0.3, -0.25) is 14.5 Å². The first kappa shape index (κ1) is 25.9. The quantitative estimate of drug-likeness (QED) is 0.210. The summed E-state index contributed by atoms with van der Waals surface area (Å²) in [6.07, 6.45) is 3.76. The smallest absolute Gasteiger partial charge is 0.254 e. The second-order valence-electron chi connectivity index (χ2n) is 10.2. The molecule has 6 rings (SSSR count). The summed E-state index contributed by atoms with van der Waals surface area (Å²) in [7, 11) is 0. The summed E-state index contributed by atoms with van der Waals surface area (Å²) < 4.78 is 2.13. The van der Waals surface area contributed by atoms with E-state index in [4.69, 9.17) is 11.6 Å². The minimum Gasteiger partial charge on any atom is -0.329 e. The fourth-order valence-corrected chi connectivity index (χ4v) is 5.69. The molecule has 40 heavy (non-hydrogen) atoms. The Hall–Kier alpha value is -4.35. The maximum absolute atomic E-state index is 14.4. The van der Waals surface area contributed by atoms with E-state index < -0.39 is 0 Å². The molecule has 5 nitrogen and oxygen atoms in total. The zero-order valence-electron chi connectivity index (χ0n) is 22.3. The van der Waals surface area contributed by atoms with Crippen molar-refractivity contribution in [2.24, 2.45) is 0 Å². The molecule has 0 saturated carbocycles. The number of carbonyl (C=O) groups is 2. The minimum atomic E-state index is -0.363. The number of nitrogens with zero attached hydrogens (tertiary/aromatic N) is 3. The highest BCUT2D eigenvalue weighted by Crippen LogP contribution is 2.42. The molecule has 2 amide bonds. The van der Waals surface area contributed by atoms with Crippen LogP contribution in [0, 0.1) is 0 Å². The van der Waals surface area contributed by atoms with E-state index in [9.17, 15) is 9.59 Å². The van der Waals surface area contributed by atoms with E-state index in [1.54, 1.807) is 4.90 Å². The van der Waals surface area contributed by atoms with E-state index in [1.807, 2.05) is 114 Å². The van der Waals surface area contributed by atoms with Crippen LogP contribution in [0.1, 0.15) is 47.4 Å². The number of rotatable bonds is 7. The molecule has 1 aliphatic heterocycles. The van der Waals surface area contributed by atoms with E-state index >= 15 is 0 Å². The van der Waals surface area contributed by atoms with Crippen molar-refractivity contribution < 1.29 is 9.59 Å². The lowest BCUT2D eigenvalue weighted by Gasteiger charge is -2.39. The van der Waals surface area contributed by atoms with Gasteiger partial charge in [-0.15, -0.1) is 0 Å². The Morgan fingerprint density at radius 1 is 0.825 bits per heavy atom. The number of hydrogen-bond acceptors (Lipinski definition) is 2. The molecular weight excluding hydrogens is 518 g/mol. The van der Waals surface area contributed by atoms with E-state index in [-0.39, 0.29) is 24.4 Å². The second kappa shape index (κ2) is 11.0. The average Bonchev–Trinajstić information content (AvgIpc) is 3.48. The largest absolute Gasteiger partial charge is 0.329 e. The van der Waals surface area contributed by atoms with Crippen LogP contribution >= 0.6 is 11.6 Å². The van der Waals surface area contributed by atoms with Gasteiger partial charge in [-0.05, 0) is 71.3 Å². The Balaban J connectivity index is 1.38. The Morgan fingerprint density at radius 3 is 2.33 bits per heavy atom. The van der Waals surface area contributed by atoms with Crippen molar-refractivity contribution in [3.8, 4) is 5.69 Å². The molecule has 0 fully saturated rings. The lowest BCUT2D eigenvalue weighted by atomic mass is 9.97. The molecule has 0 spiro atoms. The first-order chi connectivity index (χ1) is 19.5.